The minimum Gasteiger partial charge on any atom is -0.425 e. The molecule has 4 nitrogen and oxygen atoms in total. The Morgan fingerprint density at radius 3 is 2.60 bits per heavy atom. The molecule has 108 valence electrons. The average molecular weight is 273 g/mol. The molecule has 1 aromatic carbocycles. The van der Waals surface area contributed by atoms with Gasteiger partial charge in [-0.15, -0.1) is 10.2 Å². The fraction of sp³-hybridized carbons (Fsp3) is 0.500. The van der Waals surface area contributed by atoms with Gasteiger partial charge in [-0.2, -0.15) is 0 Å². The van der Waals surface area contributed by atoms with Crippen LogP contribution in [0.15, 0.2) is 28.7 Å². The van der Waals surface area contributed by atoms with E-state index < -0.39 is 0 Å². The summed E-state index contributed by atoms with van der Waals surface area (Å²) in [6.45, 7) is 9.36. The van der Waals surface area contributed by atoms with Gasteiger partial charge in [0.2, 0.25) is 11.8 Å². The molecule has 1 N–H and O–H groups in total. The Morgan fingerprint density at radius 1 is 1.15 bits per heavy atom. The highest BCUT2D eigenvalue weighted by atomic mass is 16.4. The van der Waals surface area contributed by atoms with Gasteiger partial charge in [-0.05, 0) is 33.3 Å². The number of nitrogens with one attached hydrogen (secondary N) is 1. The summed E-state index contributed by atoms with van der Waals surface area (Å²) in [6, 6.07) is 8.36. The lowest BCUT2D eigenvalue weighted by Crippen LogP contribution is -2.37. The van der Waals surface area contributed by atoms with Gasteiger partial charge in [0.25, 0.3) is 0 Å². The van der Waals surface area contributed by atoms with Gasteiger partial charge in [-0.3, -0.25) is 0 Å². The zero-order chi connectivity index (χ0) is 14.6. The zero-order valence-corrected chi connectivity index (χ0v) is 12.7. The first kappa shape index (κ1) is 14.7. The van der Waals surface area contributed by atoms with Crippen molar-refractivity contribution in [2.45, 2.75) is 46.1 Å². The molecule has 0 fully saturated rings. The second kappa shape index (κ2) is 6.18. The molecule has 0 amide bonds. The zero-order valence-electron chi connectivity index (χ0n) is 12.7. The van der Waals surface area contributed by atoms with Crippen LogP contribution in [0, 0.1) is 6.92 Å². The van der Waals surface area contributed by atoms with Crippen LogP contribution in [-0.4, -0.2) is 22.3 Å². The van der Waals surface area contributed by atoms with Crippen LogP contribution in [0.1, 0.15) is 43.7 Å². The van der Waals surface area contributed by atoms with E-state index in [1.165, 1.54) is 11.1 Å². The van der Waals surface area contributed by atoms with E-state index in [4.69, 9.17) is 4.42 Å². The summed E-state index contributed by atoms with van der Waals surface area (Å²) in [7, 11) is 0. The summed E-state index contributed by atoms with van der Waals surface area (Å²) in [5.41, 5.74) is 2.56. The molecule has 0 radical (unpaired) electrons. The van der Waals surface area contributed by atoms with E-state index in [-0.39, 0.29) is 5.54 Å². The van der Waals surface area contributed by atoms with E-state index in [9.17, 15) is 0 Å². The lowest BCUT2D eigenvalue weighted by molar-refractivity contribution is 0.403. The third-order valence-electron chi connectivity index (χ3n) is 2.94. The Labute approximate surface area is 120 Å². The van der Waals surface area contributed by atoms with E-state index in [1.807, 2.05) is 0 Å². The Balaban J connectivity index is 1.89. The van der Waals surface area contributed by atoms with Crippen LogP contribution < -0.4 is 5.32 Å². The van der Waals surface area contributed by atoms with E-state index >= 15 is 0 Å². The number of hydrogen-bond donors (Lipinski definition) is 1. The highest BCUT2D eigenvalue weighted by Crippen LogP contribution is 2.10. The van der Waals surface area contributed by atoms with Crippen molar-refractivity contribution >= 4 is 0 Å². The third-order valence-corrected chi connectivity index (χ3v) is 2.94. The Kier molecular flexibility index (Phi) is 4.55. The number of aromatic nitrogens is 2. The summed E-state index contributed by atoms with van der Waals surface area (Å²) in [6.07, 6.45) is 1.46. The Bertz CT molecular complexity index is 555. The maximum Gasteiger partial charge on any atom is 0.220 e. The van der Waals surface area contributed by atoms with E-state index in [0.717, 1.165) is 13.0 Å². The lowest BCUT2D eigenvalue weighted by atomic mass is 10.1. The van der Waals surface area contributed by atoms with E-state index in [1.54, 1.807) is 0 Å². The third kappa shape index (κ3) is 4.78. The van der Waals surface area contributed by atoms with Crippen LogP contribution in [0.5, 0.6) is 0 Å². The smallest absolute Gasteiger partial charge is 0.220 e. The summed E-state index contributed by atoms with van der Waals surface area (Å²) in [4.78, 5) is 0. The van der Waals surface area contributed by atoms with Crippen molar-refractivity contribution in [2.24, 2.45) is 0 Å². The number of benzene rings is 1. The van der Waals surface area contributed by atoms with Gasteiger partial charge < -0.3 is 9.73 Å². The van der Waals surface area contributed by atoms with Gasteiger partial charge in [0.15, 0.2) is 0 Å². The quantitative estimate of drug-likeness (QED) is 0.910. The fourth-order valence-electron chi connectivity index (χ4n) is 2.00. The van der Waals surface area contributed by atoms with Gasteiger partial charge in [-0.1, -0.05) is 29.8 Å². The Morgan fingerprint density at radius 2 is 1.90 bits per heavy atom. The van der Waals surface area contributed by atoms with Gasteiger partial charge in [0, 0.05) is 18.5 Å². The molecule has 0 saturated carbocycles. The summed E-state index contributed by atoms with van der Waals surface area (Å²) >= 11 is 0. The Hall–Kier alpha value is -1.68. The standard InChI is InChI=1S/C16H23N3O/c1-12-6-5-7-13(10-12)11-15-19-18-14(20-15)8-9-17-16(2,3)4/h5-7,10,17H,8-9,11H2,1-4H3. The molecule has 0 atom stereocenters. The van der Waals surface area contributed by atoms with Gasteiger partial charge >= 0.3 is 0 Å². The largest absolute Gasteiger partial charge is 0.425 e. The number of nitrogens with zero attached hydrogens (tertiary/aromatic N) is 2. The maximum absolute atomic E-state index is 5.68. The SMILES string of the molecule is Cc1cccc(Cc2nnc(CCNC(C)(C)C)o2)c1. The van der Waals surface area contributed by atoms with Crippen molar-refractivity contribution in [3.05, 3.63) is 47.2 Å². The van der Waals surface area contributed by atoms with Crippen LogP contribution in [-0.2, 0) is 12.8 Å². The second-order valence-electron chi connectivity index (χ2n) is 6.18. The summed E-state index contributed by atoms with van der Waals surface area (Å²) < 4.78 is 5.68. The number of hydrogen-bond acceptors (Lipinski definition) is 4. The molecule has 2 rings (SSSR count). The van der Waals surface area contributed by atoms with Crippen molar-refractivity contribution in [1.82, 2.24) is 15.5 Å². The van der Waals surface area contributed by atoms with Crippen molar-refractivity contribution < 1.29 is 4.42 Å². The minimum atomic E-state index is 0.115. The number of rotatable bonds is 5. The fourth-order valence-corrected chi connectivity index (χ4v) is 2.00. The average Bonchev–Trinajstić information content (AvgIpc) is 2.75. The molecular weight excluding hydrogens is 250 g/mol. The normalized spacial score (nSPS) is 11.8. The van der Waals surface area contributed by atoms with Crippen LogP contribution >= 0.6 is 0 Å². The molecular formula is C16H23N3O. The molecule has 0 unspecified atom stereocenters. The molecule has 20 heavy (non-hydrogen) atoms. The first-order valence-corrected chi connectivity index (χ1v) is 7.04. The van der Waals surface area contributed by atoms with E-state index in [2.05, 4.69) is 67.5 Å². The molecule has 0 bridgehead atoms. The van der Waals surface area contributed by atoms with Gasteiger partial charge in [0.1, 0.15) is 0 Å². The highest BCUT2D eigenvalue weighted by molar-refractivity contribution is 5.24. The molecule has 2 aromatic rings. The molecule has 1 aromatic heterocycles. The summed E-state index contributed by atoms with van der Waals surface area (Å²) in [5.74, 6) is 1.38. The van der Waals surface area contributed by atoms with Crippen molar-refractivity contribution in [1.29, 1.82) is 0 Å². The van der Waals surface area contributed by atoms with E-state index in [0.29, 0.717) is 18.2 Å². The maximum atomic E-state index is 5.68. The van der Waals surface area contributed by atoms with Crippen LogP contribution in [0.4, 0.5) is 0 Å². The van der Waals surface area contributed by atoms with Crippen molar-refractivity contribution in [3.8, 4) is 0 Å². The molecule has 4 heteroatoms. The first-order chi connectivity index (χ1) is 9.42. The molecule has 0 saturated heterocycles. The van der Waals surface area contributed by atoms with Gasteiger partial charge in [-0.25, -0.2) is 0 Å². The van der Waals surface area contributed by atoms with Crippen molar-refractivity contribution in [3.63, 3.8) is 0 Å². The van der Waals surface area contributed by atoms with Gasteiger partial charge in [0.05, 0.1) is 6.42 Å². The topological polar surface area (TPSA) is 51.0 Å². The predicted molar refractivity (Wildman–Crippen MR) is 79.7 cm³/mol. The first-order valence-electron chi connectivity index (χ1n) is 7.04. The highest BCUT2D eigenvalue weighted by Gasteiger charge is 2.10. The minimum absolute atomic E-state index is 0.115. The monoisotopic (exact) mass is 273 g/mol. The predicted octanol–water partition coefficient (Wildman–Crippen LogP) is 2.90. The van der Waals surface area contributed by atoms with Crippen LogP contribution in [0.2, 0.25) is 0 Å². The molecule has 0 aliphatic heterocycles. The second-order valence-corrected chi connectivity index (χ2v) is 6.18. The molecule has 1 heterocycles. The molecule has 0 aliphatic rings. The summed E-state index contributed by atoms with van der Waals surface area (Å²) in [5, 5.41) is 11.6. The van der Waals surface area contributed by atoms with Crippen molar-refractivity contribution in [2.75, 3.05) is 6.54 Å². The van der Waals surface area contributed by atoms with Crippen LogP contribution in [0.3, 0.4) is 0 Å². The number of aryl methyl sites for hydroxylation is 1. The molecule has 0 aliphatic carbocycles. The lowest BCUT2D eigenvalue weighted by Gasteiger charge is -2.19. The molecule has 0 spiro atoms. The van der Waals surface area contributed by atoms with Crippen LogP contribution in [0.25, 0.3) is 0 Å².